The van der Waals surface area contributed by atoms with Gasteiger partial charge in [-0.1, -0.05) is 13.8 Å². The highest BCUT2D eigenvalue weighted by molar-refractivity contribution is 7.99. The number of hydrogen-bond donors (Lipinski definition) is 1. The van der Waals surface area contributed by atoms with Gasteiger partial charge in [-0.25, -0.2) is 9.97 Å². The molecule has 1 aromatic heterocycles. The fourth-order valence-corrected chi connectivity index (χ4v) is 3.47. The fraction of sp³-hybridized carbons (Fsp3) is 0.750. The van der Waals surface area contributed by atoms with Crippen LogP contribution in [-0.4, -0.2) is 35.0 Å². The van der Waals surface area contributed by atoms with Gasteiger partial charge in [0.2, 0.25) is 0 Å². The van der Waals surface area contributed by atoms with E-state index in [9.17, 15) is 0 Å². The van der Waals surface area contributed by atoms with Crippen molar-refractivity contribution in [1.82, 2.24) is 9.97 Å². The largest absolute Gasteiger partial charge is 0.377 e. The Kier molecular flexibility index (Phi) is 6.77. The normalized spacial score (nSPS) is 18.1. The van der Waals surface area contributed by atoms with Gasteiger partial charge >= 0.3 is 0 Å². The van der Waals surface area contributed by atoms with E-state index in [0.29, 0.717) is 6.10 Å². The molecule has 0 aromatic carbocycles. The summed E-state index contributed by atoms with van der Waals surface area (Å²) in [5, 5.41) is 4.55. The van der Waals surface area contributed by atoms with Crippen molar-refractivity contribution in [3.63, 3.8) is 0 Å². The Bertz CT molecular complexity index is 447. The van der Waals surface area contributed by atoms with Crippen molar-refractivity contribution < 1.29 is 4.74 Å². The van der Waals surface area contributed by atoms with Gasteiger partial charge in [0.15, 0.2) is 0 Å². The third kappa shape index (κ3) is 4.85. The van der Waals surface area contributed by atoms with E-state index in [4.69, 9.17) is 9.72 Å². The van der Waals surface area contributed by atoms with Gasteiger partial charge < -0.3 is 10.1 Å². The smallest absolute Gasteiger partial charge is 0.133 e. The minimum atomic E-state index is 0.394. The lowest BCUT2D eigenvalue weighted by atomic mass is 10.3. The molecule has 1 aromatic rings. The van der Waals surface area contributed by atoms with Crippen molar-refractivity contribution in [3.05, 3.63) is 11.4 Å². The highest BCUT2D eigenvalue weighted by Gasteiger charge is 2.18. The van der Waals surface area contributed by atoms with Gasteiger partial charge in [0, 0.05) is 30.9 Å². The van der Waals surface area contributed by atoms with Crippen molar-refractivity contribution in [3.8, 4) is 0 Å². The highest BCUT2D eigenvalue weighted by Crippen LogP contribution is 2.28. The van der Waals surface area contributed by atoms with Crippen molar-refractivity contribution in [1.29, 1.82) is 0 Å². The van der Waals surface area contributed by atoms with E-state index in [1.807, 2.05) is 11.8 Å². The summed E-state index contributed by atoms with van der Waals surface area (Å²) >= 11 is 1.82. The van der Waals surface area contributed by atoms with Crippen LogP contribution in [0.1, 0.15) is 50.9 Å². The minimum Gasteiger partial charge on any atom is -0.377 e. The quantitative estimate of drug-likeness (QED) is 0.584. The van der Waals surface area contributed by atoms with Crippen LogP contribution < -0.4 is 5.32 Å². The first-order valence-corrected chi connectivity index (χ1v) is 9.09. The predicted octanol–water partition coefficient (Wildman–Crippen LogP) is 3.83. The van der Waals surface area contributed by atoms with E-state index >= 15 is 0 Å². The third-order valence-electron chi connectivity index (χ3n) is 3.59. The average Bonchev–Trinajstić information content (AvgIpc) is 2.99. The molecule has 1 unspecified atom stereocenters. The van der Waals surface area contributed by atoms with Gasteiger partial charge in [-0.3, -0.25) is 0 Å². The van der Waals surface area contributed by atoms with Crippen molar-refractivity contribution in [2.75, 3.05) is 24.2 Å². The molecule has 0 saturated carbocycles. The van der Waals surface area contributed by atoms with E-state index in [2.05, 4.69) is 31.1 Å². The summed E-state index contributed by atoms with van der Waals surface area (Å²) in [5.74, 6) is 2.96. The molecule has 2 heterocycles. The maximum absolute atomic E-state index is 5.71. The Morgan fingerprint density at radius 3 is 2.81 bits per heavy atom. The number of ether oxygens (including phenoxy) is 1. The van der Waals surface area contributed by atoms with Crippen LogP contribution in [-0.2, 0) is 11.2 Å². The average molecular weight is 309 g/mol. The maximum atomic E-state index is 5.71. The zero-order valence-corrected chi connectivity index (χ0v) is 14.3. The summed E-state index contributed by atoms with van der Waals surface area (Å²) in [6.45, 7) is 8.33. The second-order valence-corrected chi connectivity index (χ2v) is 6.55. The number of aromatic nitrogens is 2. The molecule has 0 amide bonds. The summed E-state index contributed by atoms with van der Waals surface area (Å²) in [7, 11) is 0. The first-order chi connectivity index (χ1) is 10.2. The molecule has 0 bridgehead atoms. The molecule has 1 aliphatic rings. The molecular formula is C16H27N3OS. The lowest BCUT2D eigenvalue weighted by Gasteiger charge is -2.14. The molecule has 1 fully saturated rings. The second-order valence-electron chi connectivity index (χ2n) is 5.54. The number of nitrogens with zero attached hydrogens (tertiary/aromatic N) is 2. The molecule has 0 spiro atoms. The Morgan fingerprint density at radius 1 is 1.29 bits per heavy atom. The Labute approximate surface area is 132 Å². The lowest BCUT2D eigenvalue weighted by molar-refractivity contribution is 0.129. The van der Waals surface area contributed by atoms with Gasteiger partial charge in [0.25, 0.3) is 0 Å². The fourth-order valence-electron chi connectivity index (χ4n) is 2.38. The lowest BCUT2D eigenvalue weighted by Crippen LogP contribution is -2.11. The molecule has 0 aliphatic carbocycles. The number of anilines is 1. The van der Waals surface area contributed by atoms with Gasteiger partial charge in [-0.2, -0.15) is 0 Å². The van der Waals surface area contributed by atoms with Crippen molar-refractivity contribution >= 4 is 17.6 Å². The van der Waals surface area contributed by atoms with Crippen LogP contribution in [0.25, 0.3) is 0 Å². The summed E-state index contributed by atoms with van der Waals surface area (Å²) in [5.41, 5.74) is 1.17. The van der Waals surface area contributed by atoms with Crippen LogP contribution in [0.5, 0.6) is 0 Å². The zero-order valence-electron chi connectivity index (χ0n) is 13.4. The summed E-state index contributed by atoms with van der Waals surface area (Å²) in [6, 6.07) is 0. The van der Waals surface area contributed by atoms with Crippen LogP contribution in [0, 0.1) is 6.92 Å². The van der Waals surface area contributed by atoms with Crippen LogP contribution in [0.3, 0.4) is 0 Å². The third-order valence-corrected chi connectivity index (χ3v) is 4.80. The second kappa shape index (κ2) is 8.59. The van der Waals surface area contributed by atoms with E-state index in [1.54, 1.807) is 0 Å². The molecule has 21 heavy (non-hydrogen) atoms. The maximum Gasteiger partial charge on any atom is 0.133 e. The van der Waals surface area contributed by atoms with Gasteiger partial charge in [-0.05, 0) is 32.6 Å². The summed E-state index contributed by atoms with van der Waals surface area (Å²) in [6.07, 6.45) is 5.88. The molecule has 2 rings (SSSR count). The molecule has 1 aliphatic heterocycles. The summed E-state index contributed by atoms with van der Waals surface area (Å²) in [4.78, 5) is 9.42. The van der Waals surface area contributed by atoms with Crippen LogP contribution in [0.2, 0.25) is 0 Å². The van der Waals surface area contributed by atoms with E-state index in [-0.39, 0.29) is 0 Å². The van der Waals surface area contributed by atoms with Crippen LogP contribution >= 0.6 is 11.8 Å². The molecule has 118 valence electrons. The molecule has 1 saturated heterocycles. The Balaban J connectivity index is 2.10. The highest BCUT2D eigenvalue weighted by atomic mass is 32.2. The summed E-state index contributed by atoms with van der Waals surface area (Å²) < 4.78 is 5.71. The van der Waals surface area contributed by atoms with E-state index < -0.39 is 0 Å². The Morgan fingerprint density at radius 2 is 2.14 bits per heavy atom. The first kappa shape index (κ1) is 16.6. The SMILES string of the molecule is CCCNc1nc(CCC)nc(SCC2CCCO2)c1C. The molecule has 1 atom stereocenters. The minimum absolute atomic E-state index is 0.394. The number of nitrogens with one attached hydrogen (secondary N) is 1. The van der Waals surface area contributed by atoms with Gasteiger partial charge in [0.05, 0.1) is 6.10 Å². The predicted molar refractivity (Wildman–Crippen MR) is 89.2 cm³/mol. The van der Waals surface area contributed by atoms with E-state index in [0.717, 1.165) is 54.8 Å². The van der Waals surface area contributed by atoms with E-state index in [1.165, 1.54) is 18.4 Å². The molecule has 0 radical (unpaired) electrons. The number of aryl methyl sites for hydroxylation is 1. The number of thioether (sulfide) groups is 1. The van der Waals surface area contributed by atoms with Crippen molar-refractivity contribution in [2.24, 2.45) is 0 Å². The Hall–Kier alpha value is -0.810. The molecular weight excluding hydrogens is 282 g/mol. The van der Waals surface area contributed by atoms with Crippen molar-refractivity contribution in [2.45, 2.75) is 64.0 Å². The number of rotatable bonds is 8. The number of hydrogen-bond acceptors (Lipinski definition) is 5. The van der Waals surface area contributed by atoms with Crippen LogP contribution in [0.15, 0.2) is 5.03 Å². The zero-order chi connectivity index (χ0) is 15.1. The molecule has 5 heteroatoms. The monoisotopic (exact) mass is 309 g/mol. The van der Waals surface area contributed by atoms with Crippen LogP contribution in [0.4, 0.5) is 5.82 Å². The van der Waals surface area contributed by atoms with Gasteiger partial charge in [0.1, 0.15) is 16.7 Å². The molecule has 1 N–H and O–H groups in total. The molecule has 4 nitrogen and oxygen atoms in total. The first-order valence-electron chi connectivity index (χ1n) is 8.10. The topological polar surface area (TPSA) is 47.0 Å². The van der Waals surface area contributed by atoms with Gasteiger partial charge in [-0.15, -0.1) is 11.8 Å². The standard InChI is InChI=1S/C16H27N3OS/c1-4-7-14-18-15(17-9-5-2)12(3)16(19-14)21-11-13-8-6-10-20-13/h13H,4-11H2,1-3H3,(H,17,18,19).